The second-order valence-corrected chi connectivity index (χ2v) is 4.61. The Labute approximate surface area is 123 Å². The first kappa shape index (κ1) is 15.0. The van der Waals surface area contributed by atoms with Crippen molar-refractivity contribution < 1.29 is 14.3 Å². The van der Waals surface area contributed by atoms with E-state index in [2.05, 4.69) is 5.10 Å². The molecule has 0 aliphatic rings. The fraction of sp³-hybridized carbons (Fsp3) is 0.400. The summed E-state index contributed by atoms with van der Waals surface area (Å²) in [6.07, 6.45) is 0. The van der Waals surface area contributed by atoms with Crippen molar-refractivity contribution in [1.82, 2.24) is 14.7 Å². The number of aryl methyl sites for hydroxylation is 1. The quantitative estimate of drug-likeness (QED) is 0.784. The van der Waals surface area contributed by atoms with Crippen LogP contribution in [0.15, 0.2) is 24.3 Å². The Morgan fingerprint density at radius 3 is 2.67 bits per heavy atom. The first-order valence-corrected chi connectivity index (χ1v) is 6.95. The van der Waals surface area contributed by atoms with Gasteiger partial charge in [0.2, 0.25) is 0 Å². The van der Waals surface area contributed by atoms with Crippen LogP contribution in [0.2, 0.25) is 0 Å². The van der Waals surface area contributed by atoms with Crippen molar-refractivity contribution in [3.8, 4) is 0 Å². The number of rotatable bonds is 5. The minimum atomic E-state index is -0.409. The van der Waals surface area contributed by atoms with Gasteiger partial charge in [-0.3, -0.25) is 14.3 Å². The van der Waals surface area contributed by atoms with Crippen LogP contribution in [0.5, 0.6) is 0 Å². The van der Waals surface area contributed by atoms with Crippen LogP contribution in [-0.2, 0) is 16.6 Å². The Morgan fingerprint density at radius 2 is 2.00 bits per heavy atom. The monoisotopic (exact) mass is 289 g/mol. The summed E-state index contributed by atoms with van der Waals surface area (Å²) in [4.78, 5) is 25.6. The zero-order chi connectivity index (χ0) is 15.4. The van der Waals surface area contributed by atoms with E-state index in [1.165, 1.54) is 4.90 Å². The lowest BCUT2D eigenvalue weighted by atomic mass is 10.2. The molecule has 0 saturated carbocycles. The SMILES string of the molecule is CCOC(=O)CN(CC)C(=O)c1nn(C)c2ccccc12. The topological polar surface area (TPSA) is 64.4 Å². The highest BCUT2D eigenvalue weighted by atomic mass is 16.5. The first-order valence-electron chi connectivity index (χ1n) is 6.95. The number of esters is 1. The van der Waals surface area contributed by atoms with Gasteiger partial charge in [-0.1, -0.05) is 18.2 Å². The highest BCUT2D eigenvalue weighted by Crippen LogP contribution is 2.18. The summed E-state index contributed by atoms with van der Waals surface area (Å²) in [5, 5.41) is 5.07. The average molecular weight is 289 g/mol. The summed E-state index contributed by atoms with van der Waals surface area (Å²) < 4.78 is 6.56. The zero-order valence-electron chi connectivity index (χ0n) is 12.5. The Kier molecular flexibility index (Phi) is 4.57. The number of amides is 1. The van der Waals surface area contributed by atoms with E-state index in [9.17, 15) is 9.59 Å². The molecule has 6 nitrogen and oxygen atoms in total. The van der Waals surface area contributed by atoms with Gasteiger partial charge in [-0.05, 0) is 19.9 Å². The fourth-order valence-electron chi connectivity index (χ4n) is 2.21. The van der Waals surface area contributed by atoms with Gasteiger partial charge in [-0.2, -0.15) is 5.10 Å². The second kappa shape index (κ2) is 6.39. The molecule has 6 heteroatoms. The molecule has 1 aromatic carbocycles. The molecule has 0 spiro atoms. The van der Waals surface area contributed by atoms with E-state index >= 15 is 0 Å². The number of hydrogen-bond acceptors (Lipinski definition) is 4. The van der Waals surface area contributed by atoms with Crippen molar-refractivity contribution in [1.29, 1.82) is 0 Å². The molecule has 0 atom stereocenters. The molecule has 0 aliphatic carbocycles. The molecule has 2 rings (SSSR count). The van der Waals surface area contributed by atoms with Crippen LogP contribution in [0.4, 0.5) is 0 Å². The maximum absolute atomic E-state index is 12.6. The number of fused-ring (bicyclic) bond motifs is 1. The summed E-state index contributed by atoms with van der Waals surface area (Å²) in [6.45, 7) is 4.22. The maximum atomic E-state index is 12.6. The molecule has 0 saturated heterocycles. The molecule has 1 heterocycles. The van der Waals surface area contributed by atoms with Gasteiger partial charge in [0.15, 0.2) is 5.69 Å². The molecule has 1 aromatic heterocycles. The van der Waals surface area contributed by atoms with Crippen LogP contribution in [0.1, 0.15) is 24.3 Å². The van der Waals surface area contributed by atoms with Crippen molar-refractivity contribution in [2.24, 2.45) is 7.05 Å². The van der Waals surface area contributed by atoms with Crippen LogP contribution in [0.25, 0.3) is 10.9 Å². The van der Waals surface area contributed by atoms with Crippen molar-refractivity contribution in [2.75, 3.05) is 19.7 Å². The Balaban J connectivity index is 2.30. The predicted octanol–water partition coefficient (Wildman–Crippen LogP) is 1.60. The van der Waals surface area contributed by atoms with E-state index in [0.717, 1.165) is 10.9 Å². The summed E-state index contributed by atoms with van der Waals surface area (Å²) in [5.41, 5.74) is 1.24. The summed E-state index contributed by atoms with van der Waals surface area (Å²) in [7, 11) is 1.79. The molecular weight excluding hydrogens is 270 g/mol. The van der Waals surface area contributed by atoms with Crippen molar-refractivity contribution in [3.63, 3.8) is 0 Å². The Bertz CT molecular complexity index is 663. The number of benzene rings is 1. The highest BCUT2D eigenvalue weighted by molar-refractivity contribution is 6.05. The standard InChI is InChI=1S/C15H19N3O3/c1-4-18(10-13(19)21-5-2)15(20)14-11-8-6-7-9-12(11)17(3)16-14/h6-9H,4-5,10H2,1-3H3. The normalized spacial score (nSPS) is 10.6. The van der Waals surface area contributed by atoms with Gasteiger partial charge >= 0.3 is 5.97 Å². The number of likely N-dealkylation sites (N-methyl/N-ethyl adjacent to an activating group) is 1. The third-order valence-electron chi connectivity index (χ3n) is 3.25. The van der Waals surface area contributed by atoms with E-state index in [1.54, 1.807) is 18.7 Å². The average Bonchev–Trinajstić information content (AvgIpc) is 2.82. The Morgan fingerprint density at radius 1 is 1.29 bits per heavy atom. The van der Waals surface area contributed by atoms with E-state index in [-0.39, 0.29) is 12.5 Å². The number of aromatic nitrogens is 2. The second-order valence-electron chi connectivity index (χ2n) is 4.61. The van der Waals surface area contributed by atoms with E-state index < -0.39 is 5.97 Å². The van der Waals surface area contributed by atoms with Crippen LogP contribution in [-0.4, -0.2) is 46.3 Å². The summed E-state index contributed by atoms with van der Waals surface area (Å²) in [6, 6.07) is 7.52. The number of para-hydroxylation sites is 1. The van der Waals surface area contributed by atoms with Gasteiger partial charge in [-0.15, -0.1) is 0 Å². The van der Waals surface area contributed by atoms with E-state index in [0.29, 0.717) is 18.8 Å². The number of nitrogens with zero attached hydrogens (tertiary/aromatic N) is 3. The molecule has 1 amide bonds. The largest absolute Gasteiger partial charge is 0.465 e. The number of ether oxygens (including phenoxy) is 1. The van der Waals surface area contributed by atoms with Gasteiger partial charge in [0.05, 0.1) is 12.1 Å². The molecule has 0 bridgehead atoms. The molecule has 0 unspecified atom stereocenters. The molecular formula is C15H19N3O3. The van der Waals surface area contributed by atoms with Gasteiger partial charge in [0.1, 0.15) is 6.54 Å². The van der Waals surface area contributed by atoms with Crippen LogP contribution >= 0.6 is 0 Å². The maximum Gasteiger partial charge on any atom is 0.325 e. The summed E-state index contributed by atoms with van der Waals surface area (Å²) >= 11 is 0. The minimum Gasteiger partial charge on any atom is -0.465 e. The Hall–Kier alpha value is -2.37. The number of carbonyl (C=O) groups is 2. The molecule has 0 radical (unpaired) electrons. The van der Waals surface area contributed by atoms with Crippen molar-refractivity contribution in [3.05, 3.63) is 30.0 Å². The third kappa shape index (κ3) is 3.04. The van der Waals surface area contributed by atoms with Gasteiger partial charge in [0, 0.05) is 19.0 Å². The molecule has 0 aliphatic heterocycles. The molecule has 0 fully saturated rings. The predicted molar refractivity (Wildman–Crippen MR) is 78.9 cm³/mol. The van der Waals surface area contributed by atoms with Crippen LogP contribution in [0, 0.1) is 0 Å². The molecule has 21 heavy (non-hydrogen) atoms. The summed E-state index contributed by atoms with van der Waals surface area (Å²) in [5.74, 6) is -0.671. The lowest BCUT2D eigenvalue weighted by Gasteiger charge is -2.18. The third-order valence-corrected chi connectivity index (χ3v) is 3.25. The van der Waals surface area contributed by atoms with Crippen molar-refractivity contribution >= 4 is 22.8 Å². The minimum absolute atomic E-state index is 0.0614. The lowest BCUT2D eigenvalue weighted by Crippen LogP contribution is -2.36. The van der Waals surface area contributed by atoms with E-state index in [1.807, 2.05) is 31.2 Å². The molecule has 0 N–H and O–H groups in total. The fourth-order valence-corrected chi connectivity index (χ4v) is 2.21. The van der Waals surface area contributed by atoms with Gasteiger partial charge in [-0.25, -0.2) is 0 Å². The number of hydrogen-bond donors (Lipinski definition) is 0. The van der Waals surface area contributed by atoms with Gasteiger partial charge in [0.25, 0.3) is 5.91 Å². The van der Waals surface area contributed by atoms with Crippen molar-refractivity contribution in [2.45, 2.75) is 13.8 Å². The molecule has 112 valence electrons. The zero-order valence-corrected chi connectivity index (χ0v) is 12.5. The smallest absolute Gasteiger partial charge is 0.325 e. The van der Waals surface area contributed by atoms with E-state index in [4.69, 9.17) is 4.74 Å². The molecule has 2 aromatic rings. The highest BCUT2D eigenvalue weighted by Gasteiger charge is 2.23. The van der Waals surface area contributed by atoms with Gasteiger partial charge < -0.3 is 9.64 Å². The first-order chi connectivity index (χ1) is 10.1. The van der Waals surface area contributed by atoms with Crippen LogP contribution in [0.3, 0.4) is 0 Å². The van der Waals surface area contributed by atoms with Crippen LogP contribution < -0.4 is 0 Å². The number of carbonyl (C=O) groups excluding carboxylic acids is 2. The lowest BCUT2D eigenvalue weighted by molar-refractivity contribution is -0.143.